The van der Waals surface area contributed by atoms with Gasteiger partial charge in [0.25, 0.3) is 0 Å². The van der Waals surface area contributed by atoms with Gasteiger partial charge in [0.15, 0.2) is 5.17 Å². The lowest BCUT2D eigenvalue weighted by atomic mass is 9.90. The number of halogens is 1. The Morgan fingerprint density at radius 1 is 1.15 bits per heavy atom. The summed E-state index contributed by atoms with van der Waals surface area (Å²) in [5, 5.41) is 0.848. The number of carbonyl (C=O) groups excluding carboxylic acids is 1. The van der Waals surface area contributed by atoms with E-state index in [1.807, 2.05) is 4.90 Å². The zero-order valence-corrected chi connectivity index (χ0v) is 17.4. The van der Waals surface area contributed by atoms with Crippen molar-refractivity contribution in [2.45, 2.75) is 32.2 Å². The second kappa shape index (κ2) is 6.64. The molecule has 2 aromatic carbocycles. The summed E-state index contributed by atoms with van der Waals surface area (Å²) < 4.78 is 1.05. The largest absolute Gasteiger partial charge is 0.279 e. The molecule has 5 rings (SSSR count). The molecule has 3 nitrogen and oxygen atoms in total. The van der Waals surface area contributed by atoms with Crippen molar-refractivity contribution in [2.24, 2.45) is 4.99 Å². The van der Waals surface area contributed by atoms with Crippen molar-refractivity contribution < 1.29 is 4.79 Å². The molecule has 1 atom stereocenters. The van der Waals surface area contributed by atoms with Gasteiger partial charge >= 0.3 is 0 Å². The van der Waals surface area contributed by atoms with Crippen LogP contribution >= 0.6 is 27.7 Å². The molecular formula is C22H19BrN2OS. The van der Waals surface area contributed by atoms with Crippen LogP contribution in [-0.4, -0.2) is 21.7 Å². The minimum Gasteiger partial charge on any atom is -0.279 e. The van der Waals surface area contributed by atoms with Crippen LogP contribution in [-0.2, 0) is 11.2 Å². The Hall–Kier alpha value is -1.85. The molecule has 1 aliphatic carbocycles. The van der Waals surface area contributed by atoms with Gasteiger partial charge in [0, 0.05) is 10.0 Å². The van der Waals surface area contributed by atoms with Gasteiger partial charge in [-0.05, 0) is 61.1 Å². The molecule has 3 aliphatic rings. The van der Waals surface area contributed by atoms with Crippen molar-refractivity contribution in [3.8, 4) is 0 Å². The summed E-state index contributed by atoms with van der Waals surface area (Å²) in [5.74, 6) is 0.638. The molecule has 1 fully saturated rings. The maximum Gasteiger partial charge on any atom is 0.239 e. The first-order chi connectivity index (χ1) is 13.1. The van der Waals surface area contributed by atoms with Gasteiger partial charge in [-0.1, -0.05) is 57.5 Å². The minimum absolute atomic E-state index is 0.0467. The van der Waals surface area contributed by atoms with E-state index >= 15 is 0 Å². The molecule has 1 saturated heterocycles. The third-order valence-corrected chi connectivity index (χ3v) is 6.96. The van der Waals surface area contributed by atoms with Crippen LogP contribution in [0.2, 0.25) is 0 Å². The molecule has 0 bridgehead atoms. The van der Waals surface area contributed by atoms with E-state index in [1.165, 1.54) is 22.3 Å². The Kier molecular flexibility index (Phi) is 4.25. The molecule has 1 amide bonds. The normalized spacial score (nSPS) is 21.4. The van der Waals surface area contributed by atoms with E-state index in [4.69, 9.17) is 4.99 Å². The fourth-order valence-electron chi connectivity index (χ4n) is 4.25. The Bertz CT molecular complexity index is 1010. The van der Waals surface area contributed by atoms with Gasteiger partial charge in [-0.3, -0.25) is 9.69 Å². The lowest BCUT2D eigenvalue weighted by Gasteiger charge is -2.34. The van der Waals surface area contributed by atoms with Crippen LogP contribution < -0.4 is 0 Å². The fourth-order valence-corrected chi connectivity index (χ4v) is 5.41. The molecule has 0 saturated carbocycles. The highest BCUT2D eigenvalue weighted by molar-refractivity contribution is 9.10. The second-order valence-electron chi connectivity index (χ2n) is 7.29. The minimum atomic E-state index is -0.0467. The Morgan fingerprint density at radius 2 is 1.96 bits per heavy atom. The van der Waals surface area contributed by atoms with Gasteiger partial charge in [0.2, 0.25) is 5.91 Å². The summed E-state index contributed by atoms with van der Waals surface area (Å²) in [6.07, 6.45) is 3.11. The number of amidine groups is 1. The molecule has 5 heteroatoms. The fraction of sp³-hybridized carbons (Fsp3) is 0.273. The molecule has 2 aromatic rings. The molecule has 27 heavy (non-hydrogen) atoms. The maximum absolute atomic E-state index is 12.7. The van der Waals surface area contributed by atoms with Crippen LogP contribution in [0.3, 0.4) is 0 Å². The Balaban J connectivity index is 1.74. The van der Waals surface area contributed by atoms with Crippen LogP contribution in [0.15, 0.2) is 57.5 Å². The van der Waals surface area contributed by atoms with Gasteiger partial charge in [0.1, 0.15) is 0 Å². The number of thioether (sulfide) groups is 1. The van der Waals surface area contributed by atoms with Crippen molar-refractivity contribution >= 4 is 44.5 Å². The number of nitrogens with zero attached hydrogens (tertiary/aromatic N) is 2. The lowest BCUT2D eigenvalue weighted by molar-refractivity contribution is -0.125. The topological polar surface area (TPSA) is 32.7 Å². The summed E-state index contributed by atoms with van der Waals surface area (Å²) in [6, 6.07) is 15.0. The molecule has 0 aromatic heterocycles. The number of carbonyl (C=O) groups is 1. The highest BCUT2D eigenvalue weighted by Gasteiger charge is 2.41. The molecule has 136 valence electrons. The van der Waals surface area contributed by atoms with E-state index in [0.29, 0.717) is 5.75 Å². The zero-order valence-electron chi connectivity index (χ0n) is 15.0. The van der Waals surface area contributed by atoms with E-state index < -0.39 is 0 Å². The van der Waals surface area contributed by atoms with Crippen molar-refractivity contribution in [1.82, 2.24) is 4.90 Å². The van der Waals surface area contributed by atoms with Crippen LogP contribution in [0.1, 0.15) is 41.1 Å². The number of hydrogen-bond acceptors (Lipinski definition) is 3. The highest BCUT2D eigenvalue weighted by Crippen LogP contribution is 2.47. The van der Waals surface area contributed by atoms with Gasteiger partial charge in [-0.15, -0.1) is 0 Å². The quantitative estimate of drug-likeness (QED) is 0.589. The third kappa shape index (κ3) is 2.88. The first-order valence-electron chi connectivity index (χ1n) is 9.24. The smallest absolute Gasteiger partial charge is 0.239 e. The van der Waals surface area contributed by atoms with Crippen LogP contribution in [0.5, 0.6) is 0 Å². The molecule has 0 radical (unpaired) electrons. The number of amides is 1. The molecule has 0 spiro atoms. The average molecular weight is 439 g/mol. The number of aryl methyl sites for hydroxylation is 2. The van der Waals surface area contributed by atoms with E-state index in [-0.39, 0.29) is 11.9 Å². The first kappa shape index (κ1) is 17.3. The maximum atomic E-state index is 12.7. The predicted molar refractivity (Wildman–Crippen MR) is 115 cm³/mol. The summed E-state index contributed by atoms with van der Waals surface area (Å²) in [6.45, 7) is 2.13. The molecular weight excluding hydrogens is 420 g/mol. The predicted octanol–water partition coefficient (Wildman–Crippen LogP) is 5.49. The second-order valence-corrected chi connectivity index (χ2v) is 9.15. The van der Waals surface area contributed by atoms with E-state index in [9.17, 15) is 4.79 Å². The summed E-state index contributed by atoms with van der Waals surface area (Å²) in [7, 11) is 0. The van der Waals surface area contributed by atoms with Crippen molar-refractivity contribution in [1.29, 1.82) is 0 Å². The number of rotatable bonds is 1. The Labute approximate surface area is 171 Å². The van der Waals surface area contributed by atoms with Crippen molar-refractivity contribution in [3.63, 3.8) is 0 Å². The first-order valence-corrected chi connectivity index (χ1v) is 11.0. The van der Waals surface area contributed by atoms with E-state index in [1.54, 1.807) is 11.8 Å². The summed E-state index contributed by atoms with van der Waals surface area (Å²) >= 11 is 5.09. The lowest BCUT2D eigenvalue weighted by Crippen LogP contribution is -2.37. The van der Waals surface area contributed by atoms with E-state index in [0.717, 1.165) is 40.2 Å². The molecule has 2 heterocycles. The molecule has 1 unspecified atom stereocenters. The van der Waals surface area contributed by atoms with Gasteiger partial charge in [-0.2, -0.15) is 0 Å². The molecule has 2 aliphatic heterocycles. The zero-order chi connectivity index (χ0) is 18.5. The monoisotopic (exact) mass is 438 g/mol. The van der Waals surface area contributed by atoms with Gasteiger partial charge in [-0.25, -0.2) is 4.99 Å². The van der Waals surface area contributed by atoms with Gasteiger partial charge in [0.05, 0.1) is 17.5 Å². The van der Waals surface area contributed by atoms with Crippen molar-refractivity contribution in [2.75, 3.05) is 5.75 Å². The highest BCUT2D eigenvalue weighted by atomic mass is 79.9. The van der Waals surface area contributed by atoms with Crippen LogP contribution in [0, 0.1) is 6.92 Å². The van der Waals surface area contributed by atoms with Crippen LogP contribution in [0.25, 0.3) is 5.70 Å². The number of fused-ring (bicyclic) bond motifs is 3. The van der Waals surface area contributed by atoms with Gasteiger partial charge < -0.3 is 0 Å². The third-order valence-electron chi connectivity index (χ3n) is 5.50. The summed E-state index contributed by atoms with van der Waals surface area (Å²) in [5.41, 5.74) is 7.39. The van der Waals surface area contributed by atoms with E-state index in [2.05, 4.69) is 65.3 Å². The number of hydrogen-bond donors (Lipinski definition) is 0. The SMILES string of the molecule is Cc1ccc2c(c1)C1=C(CCC2)C(c2ccc(Br)cc2)N2C(=O)CSC2=N1. The molecule has 0 N–H and O–H groups in total. The summed E-state index contributed by atoms with van der Waals surface area (Å²) in [4.78, 5) is 19.6. The van der Waals surface area contributed by atoms with Crippen molar-refractivity contribution in [3.05, 3.63) is 74.8 Å². The Morgan fingerprint density at radius 3 is 2.78 bits per heavy atom. The average Bonchev–Trinajstić information content (AvgIpc) is 2.93. The van der Waals surface area contributed by atoms with Crippen LogP contribution in [0.4, 0.5) is 0 Å². The number of aliphatic imine (C=N–C) groups is 1. The standard InChI is InChI=1S/C22H19BrN2OS/c1-13-5-6-14-3-2-4-17-20(18(14)11-13)24-22-25(19(26)12-27-22)21(17)15-7-9-16(23)10-8-15/h5-11,21H,2-4,12H2,1H3. The number of benzene rings is 2.